The molecule has 3 N–H and O–H groups in total. The lowest BCUT2D eigenvalue weighted by Gasteiger charge is -2.13. The Labute approximate surface area is 236 Å². The number of thiol groups is 1. The fourth-order valence-electron chi connectivity index (χ4n) is 3.75. The number of sulfonamides is 1. The highest BCUT2D eigenvalue weighted by atomic mass is 35.5. The summed E-state index contributed by atoms with van der Waals surface area (Å²) in [6, 6.07) is 17.3. The van der Waals surface area contributed by atoms with E-state index in [2.05, 4.69) is 23.3 Å². The molecule has 0 aliphatic heterocycles. The number of carbonyl (C=O) groups excluding carboxylic acids is 3. The molecule has 0 bridgehead atoms. The number of hydrogen-bond acceptors (Lipinski definition) is 6. The molecule has 3 aromatic carbocycles. The lowest BCUT2D eigenvalue weighted by atomic mass is 10.0. The summed E-state index contributed by atoms with van der Waals surface area (Å²) >= 11 is 10.4. The Hall–Kier alpha value is -3.41. The van der Waals surface area contributed by atoms with Crippen LogP contribution in [0.15, 0.2) is 71.6 Å². The summed E-state index contributed by atoms with van der Waals surface area (Å²) in [5, 5.41) is 5.59. The largest absolute Gasteiger partial charge is 0.355 e. The van der Waals surface area contributed by atoms with Crippen molar-refractivity contribution in [3.05, 3.63) is 88.7 Å². The maximum Gasteiger partial charge on any atom is 0.264 e. The van der Waals surface area contributed by atoms with E-state index in [0.717, 1.165) is 18.6 Å². The van der Waals surface area contributed by atoms with Crippen LogP contribution in [0.4, 0.5) is 4.39 Å². The number of carbonyl (C=O) groups is 3. The van der Waals surface area contributed by atoms with E-state index in [1.54, 1.807) is 12.1 Å². The second kappa shape index (κ2) is 13.6. The van der Waals surface area contributed by atoms with E-state index in [1.165, 1.54) is 30.3 Å². The van der Waals surface area contributed by atoms with Crippen LogP contribution in [0.3, 0.4) is 0 Å². The Bertz CT molecular complexity index is 1480. The van der Waals surface area contributed by atoms with Gasteiger partial charge in [0.1, 0.15) is 12.2 Å². The van der Waals surface area contributed by atoms with Gasteiger partial charge in [0.25, 0.3) is 10.0 Å². The van der Waals surface area contributed by atoms with Crippen LogP contribution in [0.1, 0.15) is 24.5 Å². The van der Waals surface area contributed by atoms with Gasteiger partial charge in [-0.15, -0.1) is 0 Å². The van der Waals surface area contributed by atoms with E-state index in [9.17, 15) is 27.2 Å². The topological polar surface area (TPSA) is 121 Å². The van der Waals surface area contributed by atoms with Crippen LogP contribution in [0.5, 0.6) is 0 Å². The lowest BCUT2D eigenvalue weighted by molar-refractivity contribution is -0.129. The molecule has 0 fully saturated rings. The molecular weight excluding hydrogens is 565 g/mol. The molecule has 3 amide bonds. The molecule has 8 nitrogen and oxygen atoms in total. The van der Waals surface area contributed by atoms with Crippen LogP contribution in [0.2, 0.25) is 5.02 Å². The van der Waals surface area contributed by atoms with Crippen molar-refractivity contribution < 1.29 is 27.2 Å². The minimum atomic E-state index is -4.15. The highest BCUT2D eigenvalue weighted by Crippen LogP contribution is 2.28. The quantitative estimate of drug-likeness (QED) is 0.200. The first-order valence-corrected chi connectivity index (χ1v) is 14.2. The number of benzene rings is 3. The van der Waals surface area contributed by atoms with E-state index in [-0.39, 0.29) is 39.9 Å². The Morgan fingerprint density at radius 2 is 1.69 bits per heavy atom. The molecular formula is C27H27ClFN3O5S2. The van der Waals surface area contributed by atoms with Gasteiger partial charge in [-0.1, -0.05) is 54.1 Å². The molecule has 0 aliphatic rings. The molecule has 0 unspecified atom stereocenters. The summed E-state index contributed by atoms with van der Waals surface area (Å²) in [6.07, 6.45) is 0.140. The first kappa shape index (κ1) is 30.1. The molecule has 0 saturated carbocycles. The molecule has 0 spiro atoms. The Balaban J connectivity index is 1.54. The van der Waals surface area contributed by atoms with Gasteiger partial charge < -0.3 is 10.6 Å². The van der Waals surface area contributed by atoms with Crippen LogP contribution < -0.4 is 15.4 Å². The Morgan fingerprint density at radius 3 is 2.38 bits per heavy atom. The van der Waals surface area contributed by atoms with Crippen molar-refractivity contribution in [2.24, 2.45) is 0 Å². The van der Waals surface area contributed by atoms with Gasteiger partial charge in [-0.2, -0.15) is 12.6 Å². The third-order valence-corrected chi connectivity index (χ3v) is 7.60. The molecule has 0 heterocycles. The molecule has 39 heavy (non-hydrogen) atoms. The summed E-state index contributed by atoms with van der Waals surface area (Å²) in [6.45, 7) is 1.15. The van der Waals surface area contributed by atoms with Crippen LogP contribution in [0, 0.1) is 5.82 Å². The van der Waals surface area contributed by atoms with Crippen molar-refractivity contribution >= 4 is 52.0 Å². The normalized spacial score (nSPS) is 11.9. The molecule has 3 rings (SSSR count). The monoisotopic (exact) mass is 591 g/mol. The number of halogens is 2. The van der Waals surface area contributed by atoms with Crippen molar-refractivity contribution in [1.82, 2.24) is 15.4 Å². The molecule has 1 atom stereocenters. The Kier molecular flexibility index (Phi) is 10.5. The average Bonchev–Trinajstić information content (AvgIpc) is 2.86. The summed E-state index contributed by atoms with van der Waals surface area (Å²) in [5.41, 5.74) is 1.59. The molecule has 0 radical (unpaired) electrons. The maximum atomic E-state index is 14.8. The van der Waals surface area contributed by atoms with Gasteiger partial charge >= 0.3 is 0 Å². The SMILES string of the molecule is CC(=O)NS(=O)(=O)c1ccccc1-c1ccc(CNC(=O)CC(=O)NC[C@H](S)Cc2cccc(Cl)c2)c(F)c1. The number of nitrogens with one attached hydrogen (secondary N) is 3. The minimum Gasteiger partial charge on any atom is -0.355 e. The van der Waals surface area contributed by atoms with Gasteiger partial charge in [-0.3, -0.25) is 14.4 Å². The highest BCUT2D eigenvalue weighted by molar-refractivity contribution is 7.90. The second-order valence-electron chi connectivity index (χ2n) is 8.71. The smallest absolute Gasteiger partial charge is 0.264 e. The summed E-state index contributed by atoms with van der Waals surface area (Å²) in [4.78, 5) is 35.5. The maximum absolute atomic E-state index is 14.8. The highest BCUT2D eigenvalue weighted by Gasteiger charge is 2.21. The van der Waals surface area contributed by atoms with E-state index in [1.807, 2.05) is 22.9 Å². The third kappa shape index (κ3) is 9.09. The van der Waals surface area contributed by atoms with Gasteiger partial charge in [0, 0.05) is 41.4 Å². The van der Waals surface area contributed by atoms with E-state index < -0.39 is 40.0 Å². The predicted octanol–water partition coefficient (Wildman–Crippen LogP) is 3.63. The Morgan fingerprint density at radius 1 is 0.974 bits per heavy atom. The first-order chi connectivity index (χ1) is 18.4. The van der Waals surface area contributed by atoms with Gasteiger partial charge in [-0.05, 0) is 41.8 Å². The fourth-order valence-corrected chi connectivity index (χ4v) is 5.48. The fraction of sp³-hybridized carbons (Fsp3) is 0.222. The number of hydrogen-bond donors (Lipinski definition) is 4. The van der Waals surface area contributed by atoms with Crippen LogP contribution in [0.25, 0.3) is 11.1 Å². The van der Waals surface area contributed by atoms with Crippen molar-refractivity contribution in [3.8, 4) is 11.1 Å². The van der Waals surface area contributed by atoms with E-state index in [4.69, 9.17) is 11.6 Å². The summed E-state index contributed by atoms with van der Waals surface area (Å²) in [7, 11) is -4.15. The van der Waals surface area contributed by atoms with Crippen LogP contribution in [-0.2, 0) is 37.4 Å². The second-order valence-corrected chi connectivity index (χ2v) is 11.5. The number of amides is 3. The molecule has 3 aromatic rings. The van der Waals surface area contributed by atoms with Crippen molar-refractivity contribution in [3.63, 3.8) is 0 Å². The number of rotatable bonds is 11. The zero-order valence-corrected chi connectivity index (χ0v) is 23.4. The molecule has 0 saturated heterocycles. The summed E-state index contributed by atoms with van der Waals surface area (Å²) < 4.78 is 41.8. The first-order valence-electron chi connectivity index (χ1n) is 11.8. The van der Waals surface area contributed by atoms with Crippen molar-refractivity contribution in [2.75, 3.05) is 6.54 Å². The van der Waals surface area contributed by atoms with Gasteiger partial charge in [0.2, 0.25) is 17.7 Å². The average molecular weight is 592 g/mol. The zero-order valence-electron chi connectivity index (χ0n) is 20.9. The third-order valence-electron chi connectivity index (χ3n) is 5.51. The van der Waals surface area contributed by atoms with E-state index in [0.29, 0.717) is 11.4 Å². The standard InChI is InChI=1S/C27H27ClFN3O5S2/c1-17(33)32-39(36,37)25-8-3-2-7-23(25)19-9-10-20(24(29)13-19)15-30-26(34)14-27(35)31-16-22(38)12-18-5-4-6-21(28)11-18/h2-11,13,22,38H,12,14-16H2,1H3,(H,30,34)(H,31,35)(H,32,33)/t22-/m1/s1. The van der Waals surface area contributed by atoms with Crippen molar-refractivity contribution in [1.29, 1.82) is 0 Å². The van der Waals surface area contributed by atoms with Gasteiger partial charge in [0.05, 0.1) is 4.90 Å². The van der Waals surface area contributed by atoms with Crippen LogP contribution in [-0.4, -0.2) is 37.9 Å². The minimum absolute atomic E-state index is 0.145. The van der Waals surface area contributed by atoms with Gasteiger partial charge in [-0.25, -0.2) is 17.5 Å². The molecule has 0 aromatic heterocycles. The van der Waals surface area contributed by atoms with Crippen LogP contribution >= 0.6 is 24.2 Å². The zero-order chi connectivity index (χ0) is 28.6. The molecule has 206 valence electrons. The summed E-state index contributed by atoms with van der Waals surface area (Å²) in [5.74, 6) is -2.51. The van der Waals surface area contributed by atoms with Crippen molar-refractivity contribution in [2.45, 2.75) is 36.5 Å². The predicted molar refractivity (Wildman–Crippen MR) is 150 cm³/mol. The van der Waals surface area contributed by atoms with Gasteiger partial charge in [0.15, 0.2) is 0 Å². The lowest BCUT2D eigenvalue weighted by Crippen LogP contribution is -2.35. The molecule has 12 heteroatoms. The van der Waals surface area contributed by atoms with E-state index >= 15 is 0 Å². The molecule has 0 aliphatic carbocycles.